The molecule has 2 saturated heterocycles. The zero-order chi connectivity index (χ0) is 20.2. The first-order chi connectivity index (χ1) is 14.6. The van der Waals surface area contributed by atoms with Crippen LogP contribution in [0, 0.1) is 0 Å². The molecule has 2 atom stereocenters. The fraction of sp³-hybridized carbons (Fsp3) is 0.318. The number of likely N-dealkylation sites (tertiary alicyclic amines) is 2. The van der Waals surface area contributed by atoms with Crippen LogP contribution in [0.25, 0.3) is 21.2 Å². The van der Waals surface area contributed by atoms with Gasteiger partial charge in [-0.2, -0.15) is 0 Å². The number of benzene rings is 1. The summed E-state index contributed by atoms with van der Waals surface area (Å²) >= 11 is 1.50. The van der Waals surface area contributed by atoms with Gasteiger partial charge in [0.2, 0.25) is 5.91 Å². The second-order valence-electron chi connectivity index (χ2n) is 7.98. The van der Waals surface area contributed by atoms with E-state index in [1.807, 2.05) is 29.2 Å². The van der Waals surface area contributed by atoms with E-state index in [2.05, 4.69) is 20.9 Å². The number of ether oxygens (including phenoxy) is 1. The summed E-state index contributed by atoms with van der Waals surface area (Å²) in [6.07, 6.45) is 4.56. The molecule has 1 aromatic carbocycles. The van der Waals surface area contributed by atoms with E-state index in [9.17, 15) is 4.79 Å². The van der Waals surface area contributed by atoms with Gasteiger partial charge >= 0.3 is 0 Å². The van der Waals surface area contributed by atoms with Crippen molar-refractivity contribution in [3.05, 3.63) is 48.5 Å². The van der Waals surface area contributed by atoms with E-state index in [4.69, 9.17) is 9.15 Å². The van der Waals surface area contributed by atoms with Crippen LogP contribution in [-0.4, -0.2) is 50.8 Å². The molecular weight excluding hydrogens is 400 g/mol. The van der Waals surface area contributed by atoms with E-state index in [0.717, 1.165) is 58.8 Å². The molecule has 7 nitrogen and oxygen atoms in total. The smallest absolute Gasteiger partial charge is 0.279 e. The van der Waals surface area contributed by atoms with Crippen molar-refractivity contribution < 1.29 is 13.9 Å². The molecular formula is C22H20N4O3S. The quantitative estimate of drug-likeness (QED) is 0.496. The van der Waals surface area contributed by atoms with Crippen LogP contribution in [0.1, 0.15) is 19.1 Å². The molecule has 152 valence electrons. The van der Waals surface area contributed by atoms with Crippen molar-refractivity contribution in [2.24, 2.45) is 0 Å². The van der Waals surface area contributed by atoms with Crippen LogP contribution in [0.4, 0.5) is 0 Å². The number of carbonyl (C=O) groups excluding carboxylic acids is 1. The molecule has 30 heavy (non-hydrogen) atoms. The Morgan fingerprint density at radius 2 is 2.20 bits per heavy atom. The maximum Gasteiger partial charge on any atom is 0.279 e. The molecule has 1 amide bonds. The summed E-state index contributed by atoms with van der Waals surface area (Å²) in [5.74, 6) is 1.86. The molecule has 4 aromatic rings. The highest BCUT2D eigenvalue weighted by Gasteiger charge is 2.44. The van der Waals surface area contributed by atoms with Gasteiger partial charge in [0, 0.05) is 43.7 Å². The molecule has 2 fully saturated rings. The summed E-state index contributed by atoms with van der Waals surface area (Å²) in [4.78, 5) is 24.7. The van der Waals surface area contributed by atoms with Crippen molar-refractivity contribution in [1.82, 2.24) is 19.8 Å². The largest absolute Gasteiger partial charge is 0.460 e. The monoisotopic (exact) mass is 420 g/mol. The maximum atomic E-state index is 11.7. The third-order valence-corrected chi connectivity index (χ3v) is 6.95. The first kappa shape index (κ1) is 17.9. The van der Waals surface area contributed by atoms with Crippen molar-refractivity contribution >= 4 is 38.4 Å². The summed E-state index contributed by atoms with van der Waals surface area (Å²) < 4.78 is 13.1. The molecule has 8 heteroatoms. The van der Waals surface area contributed by atoms with E-state index in [0.29, 0.717) is 17.3 Å². The summed E-state index contributed by atoms with van der Waals surface area (Å²) in [6.45, 7) is 4.18. The Labute approximate surface area is 176 Å². The minimum absolute atomic E-state index is 0.183. The molecule has 0 N–H and O–H groups in total. The van der Waals surface area contributed by atoms with E-state index >= 15 is 0 Å². The van der Waals surface area contributed by atoms with Crippen LogP contribution in [0.5, 0.6) is 10.9 Å². The van der Waals surface area contributed by atoms with Crippen LogP contribution >= 0.6 is 11.3 Å². The van der Waals surface area contributed by atoms with Crippen molar-refractivity contribution in [2.75, 3.05) is 13.1 Å². The third-order valence-electron chi connectivity index (χ3n) is 6.03. The molecule has 0 spiro atoms. The summed E-state index contributed by atoms with van der Waals surface area (Å²) in [7, 11) is 0. The van der Waals surface area contributed by atoms with Gasteiger partial charge in [-0.1, -0.05) is 11.3 Å². The zero-order valence-corrected chi connectivity index (χ0v) is 17.3. The van der Waals surface area contributed by atoms with E-state index in [1.54, 1.807) is 19.3 Å². The summed E-state index contributed by atoms with van der Waals surface area (Å²) in [5, 5.41) is 1.61. The van der Waals surface area contributed by atoms with Crippen molar-refractivity contribution in [2.45, 2.75) is 32.0 Å². The lowest BCUT2D eigenvalue weighted by atomic mass is 10.2. The Balaban J connectivity index is 1.19. The standard InChI is InChI=1S/C22H20N4O3S/c1-13(27)26-11-15-8-16(26)10-25(15)12-18-7-14-6-17(2-3-20(14)28-18)29-22-24-19-9-23-5-4-21(19)30-22/h2-7,9,15-16H,8,10-12H2,1H3/t15-,16-/m0/s1. The number of hydrogen-bond donors (Lipinski definition) is 0. The van der Waals surface area contributed by atoms with Crippen molar-refractivity contribution in [3.8, 4) is 10.9 Å². The first-order valence-corrected chi connectivity index (χ1v) is 10.9. The number of thiazole rings is 1. The second-order valence-corrected chi connectivity index (χ2v) is 8.97. The van der Waals surface area contributed by atoms with Crippen LogP contribution in [0.2, 0.25) is 0 Å². The molecule has 0 aliphatic carbocycles. The highest BCUT2D eigenvalue weighted by atomic mass is 32.1. The SMILES string of the molecule is CC(=O)N1C[C@@H]2C[C@H]1CN2Cc1cc2cc(Oc3nc4cnccc4s3)ccc2o1. The van der Waals surface area contributed by atoms with Gasteiger partial charge in [-0.3, -0.25) is 14.7 Å². The van der Waals surface area contributed by atoms with Gasteiger partial charge in [0.1, 0.15) is 22.6 Å². The molecule has 2 aliphatic heterocycles. The number of hydrogen-bond acceptors (Lipinski definition) is 7. The van der Waals surface area contributed by atoms with Crippen molar-refractivity contribution in [3.63, 3.8) is 0 Å². The van der Waals surface area contributed by atoms with Crippen LogP contribution < -0.4 is 4.74 Å². The predicted molar refractivity (Wildman–Crippen MR) is 114 cm³/mol. The van der Waals surface area contributed by atoms with Crippen molar-refractivity contribution in [1.29, 1.82) is 0 Å². The molecule has 0 radical (unpaired) electrons. The highest BCUT2D eigenvalue weighted by molar-refractivity contribution is 7.20. The second kappa shape index (κ2) is 6.78. The Kier molecular flexibility index (Phi) is 4.04. The fourth-order valence-electron chi connectivity index (χ4n) is 4.65. The number of pyridine rings is 1. The van der Waals surface area contributed by atoms with Crippen LogP contribution in [-0.2, 0) is 11.3 Å². The van der Waals surface area contributed by atoms with Gasteiger partial charge in [0.25, 0.3) is 5.19 Å². The average molecular weight is 420 g/mol. The summed E-state index contributed by atoms with van der Waals surface area (Å²) in [5.41, 5.74) is 1.69. The number of nitrogens with zero attached hydrogens (tertiary/aromatic N) is 4. The van der Waals surface area contributed by atoms with Crippen LogP contribution in [0.3, 0.4) is 0 Å². The number of piperazine rings is 1. The topological polar surface area (TPSA) is 71.7 Å². The number of aromatic nitrogens is 2. The maximum absolute atomic E-state index is 11.7. The Hall–Kier alpha value is -2.97. The third kappa shape index (κ3) is 3.03. The van der Waals surface area contributed by atoms with Gasteiger partial charge in [0.15, 0.2) is 0 Å². The van der Waals surface area contributed by atoms with E-state index in [1.165, 1.54) is 11.3 Å². The predicted octanol–water partition coefficient (Wildman–Crippen LogP) is 4.03. The summed E-state index contributed by atoms with van der Waals surface area (Å²) in [6, 6.07) is 10.6. The molecule has 3 aromatic heterocycles. The van der Waals surface area contributed by atoms with Gasteiger partial charge in [0.05, 0.1) is 17.4 Å². The minimum Gasteiger partial charge on any atom is -0.460 e. The Morgan fingerprint density at radius 3 is 3.00 bits per heavy atom. The molecule has 5 heterocycles. The van der Waals surface area contributed by atoms with Crippen LogP contribution in [0.15, 0.2) is 47.1 Å². The lowest BCUT2D eigenvalue weighted by Gasteiger charge is -2.33. The number of fused-ring (bicyclic) bond motifs is 4. The Morgan fingerprint density at radius 1 is 1.27 bits per heavy atom. The lowest BCUT2D eigenvalue weighted by Crippen LogP contribution is -2.47. The molecule has 2 aliphatic rings. The van der Waals surface area contributed by atoms with E-state index in [-0.39, 0.29) is 5.91 Å². The molecule has 0 unspecified atom stereocenters. The zero-order valence-electron chi connectivity index (χ0n) is 16.4. The molecule has 6 rings (SSSR count). The van der Waals surface area contributed by atoms with Gasteiger partial charge in [-0.25, -0.2) is 4.98 Å². The minimum atomic E-state index is 0.183. The van der Waals surface area contributed by atoms with Gasteiger partial charge < -0.3 is 14.1 Å². The number of furan rings is 1. The Bertz CT molecular complexity index is 1230. The highest BCUT2D eigenvalue weighted by Crippen LogP contribution is 2.35. The van der Waals surface area contributed by atoms with Gasteiger partial charge in [-0.15, -0.1) is 0 Å². The fourth-order valence-corrected chi connectivity index (χ4v) is 5.45. The van der Waals surface area contributed by atoms with E-state index < -0.39 is 0 Å². The number of rotatable bonds is 4. The average Bonchev–Trinajstić information content (AvgIpc) is 3.49. The number of amides is 1. The normalized spacial score (nSPS) is 21.2. The van der Waals surface area contributed by atoms with Gasteiger partial charge in [-0.05, 0) is 36.8 Å². The lowest BCUT2D eigenvalue weighted by molar-refractivity contribution is -0.131. The number of carbonyl (C=O) groups is 1. The molecule has 2 bridgehead atoms. The molecule has 0 saturated carbocycles. The first-order valence-electron chi connectivity index (χ1n) is 10.0.